The van der Waals surface area contributed by atoms with Crippen LogP contribution in [0.2, 0.25) is 0 Å². The number of carbonyl (C=O) groups is 3. The van der Waals surface area contributed by atoms with E-state index in [1.807, 2.05) is 6.07 Å². The van der Waals surface area contributed by atoms with Gasteiger partial charge in [0.25, 0.3) is 0 Å². The first-order chi connectivity index (χ1) is 16.8. The lowest BCUT2D eigenvalue weighted by Crippen LogP contribution is -2.55. The first-order valence-corrected chi connectivity index (χ1v) is 11.6. The van der Waals surface area contributed by atoms with Crippen LogP contribution in [0.1, 0.15) is 56.7 Å². The van der Waals surface area contributed by atoms with Crippen molar-refractivity contribution >= 4 is 17.9 Å². The smallest absolute Gasteiger partial charge is 0.303 e. The number of fused-ring (bicyclic) bond motifs is 1. The molecule has 0 N–H and O–H groups in total. The maximum absolute atomic E-state index is 11.8. The van der Waals surface area contributed by atoms with E-state index in [-0.39, 0.29) is 13.2 Å². The number of hydrogen-bond acceptors (Lipinski definition) is 10. The average molecular weight is 488 g/mol. The zero-order valence-corrected chi connectivity index (χ0v) is 20.0. The number of ether oxygens (including phenoxy) is 5. The van der Waals surface area contributed by atoms with E-state index in [0.717, 1.165) is 18.6 Å². The monoisotopic (exact) mass is 487 g/mol. The summed E-state index contributed by atoms with van der Waals surface area (Å²) < 4.78 is 29.1. The highest BCUT2D eigenvalue weighted by atomic mass is 16.6. The van der Waals surface area contributed by atoms with E-state index < -0.39 is 42.4 Å². The third kappa shape index (κ3) is 6.16. The summed E-state index contributed by atoms with van der Waals surface area (Å²) in [5, 5.41) is 8.24. The molecule has 1 aliphatic carbocycles. The van der Waals surface area contributed by atoms with Crippen LogP contribution in [0.4, 0.5) is 0 Å². The number of rotatable bonds is 7. The molecule has 2 aliphatic rings. The Morgan fingerprint density at radius 3 is 2.37 bits per heavy atom. The summed E-state index contributed by atoms with van der Waals surface area (Å²) >= 11 is 0. The fourth-order valence-corrected chi connectivity index (χ4v) is 4.41. The van der Waals surface area contributed by atoms with Gasteiger partial charge in [-0.15, -0.1) is 5.10 Å². The van der Waals surface area contributed by atoms with Gasteiger partial charge < -0.3 is 23.7 Å². The van der Waals surface area contributed by atoms with Gasteiger partial charge in [0.1, 0.15) is 18.1 Å². The molecule has 0 bridgehead atoms. The zero-order valence-electron chi connectivity index (χ0n) is 20.0. The number of carbonyl (C=O) groups excluding carboxylic acids is 3. The van der Waals surface area contributed by atoms with E-state index in [1.54, 1.807) is 6.20 Å². The summed E-state index contributed by atoms with van der Waals surface area (Å²) in [5.41, 5.74) is 3.21. The second-order valence-corrected chi connectivity index (χ2v) is 8.64. The maximum Gasteiger partial charge on any atom is 0.303 e. The molecule has 1 saturated heterocycles. The molecular weight excluding hydrogens is 458 g/mol. The van der Waals surface area contributed by atoms with E-state index in [4.69, 9.17) is 23.7 Å². The SMILES string of the molecule is CC(=O)O[C@@H]1[C@@H](OC(C)=O)[C@H](OC(C)=O)CO[C@H]1n1cc(COc2ccc3c(c2)CCCC3)nn1. The first-order valence-electron chi connectivity index (χ1n) is 11.6. The molecule has 1 fully saturated rings. The van der Waals surface area contributed by atoms with E-state index in [0.29, 0.717) is 5.69 Å². The first kappa shape index (κ1) is 24.6. The highest BCUT2D eigenvalue weighted by molar-refractivity contribution is 5.68. The second-order valence-electron chi connectivity index (χ2n) is 8.64. The van der Waals surface area contributed by atoms with Crippen LogP contribution in [0.15, 0.2) is 24.4 Å². The number of benzene rings is 1. The van der Waals surface area contributed by atoms with Crippen LogP contribution in [0.5, 0.6) is 5.75 Å². The van der Waals surface area contributed by atoms with Crippen LogP contribution in [0, 0.1) is 0 Å². The Morgan fingerprint density at radius 2 is 1.66 bits per heavy atom. The van der Waals surface area contributed by atoms with Crippen molar-refractivity contribution < 1.29 is 38.1 Å². The Morgan fingerprint density at radius 1 is 0.971 bits per heavy atom. The molecule has 2 aromatic rings. The second kappa shape index (κ2) is 10.9. The highest BCUT2D eigenvalue weighted by Crippen LogP contribution is 2.31. The van der Waals surface area contributed by atoms with Crippen molar-refractivity contribution in [1.82, 2.24) is 15.0 Å². The minimum atomic E-state index is -1.12. The fourth-order valence-electron chi connectivity index (χ4n) is 4.41. The van der Waals surface area contributed by atoms with Gasteiger partial charge in [-0.25, -0.2) is 4.68 Å². The maximum atomic E-state index is 11.8. The number of hydrogen-bond donors (Lipinski definition) is 0. The van der Waals surface area contributed by atoms with Gasteiger partial charge >= 0.3 is 17.9 Å². The molecule has 35 heavy (non-hydrogen) atoms. The van der Waals surface area contributed by atoms with Gasteiger partial charge in [0.05, 0.1) is 12.8 Å². The van der Waals surface area contributed by atoms with Crippen molar-refractivity contribution in [3.8, 4) is 5.75 Å². The van der Waals surface area contributed by atoms with Gasteiger partial charge in [0.2, 0.25) is 0 Å². The van der Waals surface area contributed by atoms with E-state index in [2.05, 4.69) is 22.4 Å². The molecule has 11 heteroatoms. The van der Waals surface area contributed by atoms with E-state index >= 15 is 0 Å². The van der Waals surface area contributed by atoms with Gasteiger partial charge in [-0.3, -0.25) is 14.4 Å². The standard InChI is InChI=1S/C24H29N3O8/c1-14(28)33-21-13-32-24(23(35-16(3)30)22(21)34-15(2)29)27-11-19(25-26-27)12-31-20-9-8-17-6-4-5-7-18(17)10-20/h8-11,21-24H,4-7,12-13H2,1-3H3/t21-,22+,23-,24-/m1/s1. The minimum Gasteiger partial charge on any atom is -0.487 e. The molecule has 0 saturated carbocycles. The van der Waals surface area contributed by atoms with Crippen molar-refractivity contribution in [3.05, 3.63) is 41.2 Å². The largest absolute Gasteiger partial charge is 0.487 e. The number of esters is 3. The van der Waals surface area contributed by atoms with Crippen LogP contribution in [0.25, 0.3) is 0 Å². The van der Waals surface area contributed by atoms with Crippen molar-refractivity contribution in [3.63, 3.8) is 0 Å². The normalized spacial score (nSPS) is 23.6. The minimum absolute atomic E-state index is 0.0965. The molecule has 1 aromatic heterocycles. The molecule has 11 nitrogen and oxygen atoms in total. The lowest BCUT2D eigenvalue weighted by molar-refractivity contribution is -0.241. The van der Waals surface area contributed by atoms with E-state index in [1.165, 1.54) is 49.4 Å². The van der Waals surface area contributed by atoms with Gasteiger partial charge in [-0.2, -0.15) is 0 Å². The Balaban J connectivity index is 1.49. The Labute approximate surface area is 202 Å². The average Bonchev–Trinajstić information content (AvgIpc) is 3.27. The number of nitrogens with zero attached hydrogens (tertiary/aromatic N) is 3. The number of aryl methyl sites for hydroxylation is 2. The lowest BCUT2D eigenvalue weighted by Gasteiger charge is -2.40. The summed E-state index contributed by atoms with van der Waals surface area (Å²) in [6.07, 6.45) is 2.04. The van der Waals surface area contributed by atoms with Crippen LogP contribution in [0.3, 0.4) is 0 Å². The zero-order chi connectivity index (χ0) is 24.9. The molecular formula is C24H29N3O8. The van der Waals surface area contributed by atoms with Crippen molar-refractivity contribution in [2.45, 2.75) is 77.6 Å². The molecule has 4 rings (SSSR count). The predicted octanol–water partition coefficient (Wildman–Crippen LogP) is 2.06. The molecule has 4 atom stereocenters. The molecule has 1 aromatic carbocycles. The summed E-state index contributed by atoms with van der Waals surface area (Å²) in [4.78, 5) is 35.1. The molecule has 0 amide bonds. The van der Waals surface area contributed by atoms with E-state index in [9.17, 15) is 14.4 Å². The topological polar surface area (TPSA) is 128 Å². The summed E-state index contributed by atoms with van der Waals surface area (Å²) in [5.74, 6) is -1.08. The number of aromatic nitrogens is 3. The lowest BCUT2D eigenvalue weighted by atomic mass is 9.92. The molecule has 0 radical (unpaired) electrons. The van der Waals surface area contributed by atoms with Crippen molar-refractivity contribution in [1.29, 1.82) is 0 Å². The van der Waals surface area contributed by atoms with Crippen LogP contribution in [-0.4, -0.2) is 57.8 Å². The summed E-state index contributed by atoms with van der Waals surface area (Å²) in [7, 11) is 0. The highest BCUT2D eigenvalue weighted by Gasteiger charge is 2.48. The summed E-state index contributed by atoms with van der Waals surface area (Å²) in [6.45, 7) is 3.74. The third-order valence-electron chi connectivity index (χ3n) is 5.85. The van der Waals surface area contributed by atoms with Crippen LogP contribution in [-0.2, 0) is 52.8 Å². The van der Waals surface area contributed by atoms with Crippen molar-refractivity contribution in [2.24, 2.45) is 0 Å². The summed E-state index contributed by atoms with van der Waals surface area (Å²) in [6, 6.07) is 6.13. The molecule has 0 spiro atoms. The van der Waals surface area contributed by atoms with Crippen LogP contribution < -0.4 is 4.74 Å². The molecule has 0 unspecified atom stereocenters. The van der Waals surface area contributed by atoms with Crippen LogP contribution >= 0.6 is 0 Å². The van der Waals surface area contributed by atoms with Crippen molar-refractivity contribution in [2.75, 3.05) is 6.61 Å². The third-order valence-corrected chi connectivity index (χ3v) is 5.85. The fraction of sp³-hybridized carbons (Fsp3) is 0.542. The quantitative estimate of drug-likeness (QED) is 0.423. The predicted molar refractivity (Wildman–Crippen MR) is 119 cm³/mol. The Bertz CT molecular complexity index is 1080. The van der Waals surface area contributed by atoms with Gasteiger partial charge in [0, 0.05) is 20.8 Å². The molecule has 188 valence electrons. The molecule has 2 heterocycles. The van der Waals surface area contributed by atoms with Gasteiger partial charge in [-0.05, 0) is 48.9 Å². The Kier molecular flexibility index (Phi) is 7.64. The van der Waals surface area contributed by atoms with Gasteiger partial charge in [-0.1, -0.05) is 11.3 Å². The Hall–Kier alpha value is -3.47. The molecule has 1 aliphatic heterocycles. The van der Waals surface area contributed by atoms with Gasteiger partial charge in [0.15, 0.2) is 24.5 Å².